The van der Waals surface area contributed by atoms with E-state index in [0.717, 1.165) is 16.7 Å². The van der Waals surface area contributed by atoms with E-state index in [1.165, 1.54) is 13.2 Å². The number of ether oxygens (including phenoxy) is 2. The van der Waals surface area contributed by atoms with Gasteiger partial charge in [0, 0.05) is 31.5 Å². The third-order valence-corrected chi connectivity index (χ3v) is 4.60. The first kappa shape index (κ1) is 21.0. The van der Waals surface area contributed by atoms with Gasteiger partial charge in [-0.3, -0.25) is 15.0 Å². The molecule has 2 aromatic carbocycles. The second kappa shape index (κ2) is 9.65. The van der Waals surface area contributed by atoms with Gasteiger partial charge in [-0.15, -0.1) is 0 Å². The minimum atomic E-state index is -0.424. The fourth-order valence-corrected chi connectivity index (χ4v) is 3.10. The molecular weight excluding hydrogens is 383 g/mol. The summed E-state index contributed by atoms with van der Waals surface area (Å²) >= 11 is 0. The molecule has 0 aliphatic heterocycles. The highest BCUT2D eigenvalue weighted by molar-refractivity contribution is 6.05. The maximum absolute atomic E-state index is 13.9. The average molecular weight is 406 g/mol. The average Bonchev–Trinajstić information content (AvgIpc) is 2.79. The summed E-state index contributed by atoms with van der Waals surface area (Å²) in [6.45, 7) is 4.22. The van der Waals surface area contributed by atoms with Crippen molar-refractivity contribution in [2.24, 2.45) is 9.98 Å². The van der Waals surface area contributed by atoms with E-state index in [1.807, 2.05) is 24.3 Å². The molecule has 6 nitrogen and oxygen atoms in total. The van der Waals surface area contributed by atoms with Gasteiger partial charge in [0.1, 0.15) is 17.3 Å². The zero-order valence-corrected chi connectivity index (χ0v) is 17.1. The Morgan fingerprint density at radius 1 is 1.10 bits per heavy atom. The van der Waals surface area contributed by atoms with E-state index in [-0.39, 0.29) is 5.75 Å². The molecule has 0 unspecified atom stereocenters. The van der Waals surface area contributed by atoms with Crippen LogP contribution in [0, 0.1) is 5.82 Å². The summed E-state index contributed by atoms with van der Waals surface area (Å²) in [5.74, 6) is 0.894. The van der Waals surface area contributed by atoms with Crippen LogP contribution in [0.4, 0.5) is 10.1 Å². The lowest BCUT2D eigenvalue weighted by Crippen LogP contribution is -2.24. The van der Waals surface area contributed by atoms with Crippen LogP contribution >= 0.6 is 0 Å². The van der Waals surface area contributed by atoms with Crippen molar-refractivity contribution in [3.63, 3.8) is 0 Å². The molecule has 0 aliphatic rings. The minimum Gasteiger partial charge on any atom is -0.494 e. The summed E-state index contributed by atoms with van der Waals surface area (Å²) < 4.78 is 24.5. The van der Waals surface area contributed by atoms with Crippen LogP contribution in [-0.4, -0.2) is 38.8 Å². The Bertz CT molecular complexity index is 1070. The standard InChI is InChI=1S/C23H23FN4O2/c1-25-22-18(23(26-2)28-14-15-6-5-9-27-13-15)10-17(12-21(22)30-4)16-7-8-19(24)20(11-16)29-3/h5-13H,1,14H2,2-4H3,(H,26,28). The normalized spacial score (nSPS) is 11.1. The number of nitrogens with one attached hydrogen (secondary N) is 1. The Labute approximate surface area is 175 Å². The van der Waals surface area contributed by atoms with Crippen molar-refractivity contribution in [3.8, 4) is 22.6 Å². The summed E-state index contributed by atoms with van der Waals surface area (Å²) in [5.41, 5.74) is 3.87. The summed E-state index contributed by atoms with van der Waals surface area (Å²) in [7, 11) is 4.69. The molecular formula is C23H23FN4O2. The SMILES string of the molecule is C=Nc1c(OC)cc(-c2ccc(F)c(OC)c2)cc1C(=NC)NCc1cccnc1. The maximum Gasteiger partial charge on any atom is 0.165 e. The lowest BCUT2D eigenvalue weighted by Gasteiger charge is -2.16. The van der Waals surface area contributed by atoms with Gasteiger partial charge in [0.15, 0.2) is 11.6 Å². The largest absolute Gasteiger partial charge is 0.494 e. The van der Waals surface area contributed by atoms with Gasteiger partial charge in [0.2, 0.25) is 0 Å². The highest BCUT2D eigenvalue weighted by atomic mass is 19.1. The molecule has 0 fully saturated rings. The Hall–Kier alpha value is -3.74. The summed E-state index contributed by atoms with van der Waals surface area (Å²) in [6, 6.07) is 12.3. The summed E-state index contributed by atoms with van der Waals surface area (Å²) in [4.78, 5) is 12.7. The Morgan fingerprint density at radius 2 is 1.87 bits per heavy atom. The van der Waals surface area contributed by atoms with Gasteiger partial charge in [0.05, 0.1) is 14.2 Å². The third-order valence-electron chi connectivity index (χ3n) is 4.60. The molecule has 0 radical (unpaired) electrons. The predicted octanol–water partition coefficient (Wildman–Crippen LogP) is 4.40. The first-order chi connectivity index (χ1) is 14.6. The first-order valence-corrected chi connectivity index (χ1v) is 9.23. The second-order valence-electron chi connectivity index (χ2n) is 6.37. The topological polar surface area (TPSA) is 68.1 Å². The number of aliphatic imine (C=N–C) groups is 2. The monoisotopic (exact) mass is 406 g/mol. The molecule has 0 saturated heterocycles. The Kier molecular flexibility index (Phi) is 6.75. The minimum absolute atomic E-state index is 0.165. The van der Waals surface area contributed by atoms with E-state index in [2.05, 4.69) is 27.0 Å². The van der Waals surface area contributed by atoms with E-state index in [4.69, 9.17) is 9.47 Å². The van der Waals surface area contributed by atoms with E-state index >= 15 is 0 Å². The predicted molar refractivity (Wildman–Crippen MR) is 118 cm³/mol. The van der Waals surface area contributed by atoms with Gasteiger partial charge in [-0.05, 0) is 53.7 Å². The zero-order chi connectivity index (χ0) is 21.5. The highest BCUT2D eigenvalue weighted by Crippen LogP contribution is 2.37. The van der Waals surface area contributed by atoms with Crippen molar-refractivity contribution in [2.75, 3.05) is 21.3 Å². The lowest BCUT2D eigenvalue weighted by atomic mass is 9.99. The Morgan fingerprint density at radius 3 is 2.50 bits per heavy atom. The molecule has 0 saturated carbocycles. The molecule has 0 spiro atoms. The molecule has 154 valence electrons. The van der Waals surface area contributed by atoms with Crippen LogP contribution < -0.4 is 14.8 Å². The number of benzene rings is 2. The quantitative estimate of drug-likeness (QED) is 0.466. The van der Waals surface area contributed by atoms with E-state index < -0.39 is 5.82 Å². The van der Waals surface area contributed by atoms with Crippen LogP contribution in [0.3, 0.4) is 0 Å². The van der Waals surface area contributed by atoms with Gasteiger partial charge in [-0.2, -0.15) is 0 Å². The van der Waals surface area contributed by atoms with Crippen molar-refractivity contribution in [1.82, 2.24) is 10.3 Å². The van der Waals surface area contributed by atoms with Gasteiger partial charge in [-0.25, -0.2) is 4.39 Å². The van der Waals surface area contributed by atoms with Gasteiger partial charge < -0.3 is 14.8 Å². The number of pyridine rings is 1. The molecule has 3 rings (SSSR count). The number of amidine groups is 1. The lowest BCUT2D eigenvalue weighted by molar-refractivity contribution is 0.387. The number of aromatic nitrogens is 1. The molecule has 7 heteroatoms. The fourth-order valence-electron chi connectivity index (χ4n) is 3.10. The van der Waals surface area contributed by atoms with Gasteiger partial charge >= 0.3 is 0 Å². The van der Waals surface area contributed by atoms with E-state index in [1.54, 1.807) is 38.7 Å². The number of halogens is 1. The van der Waals surface area contributed by atoms with E-state index in [9.17, 15) is 4.39 Å². The first-order valence-electron chi connectivity index (χ1n) is 9.23. The van der Waals surface area contributed by atoms with Crippen molar-refractivity contribution in [1.29, 1.82) is 0 Å². The molecule has 0 bridgehead atoms. The third kappa shape index (κ3) is 4.46. The van der Waals surface area contributed by atoms with Crippen molar-refractivity contribution in [2.45, 2.75) is 6.54 Å². The molecule has 3 aromatic rings. The maximum atomic E-state index is 13.9. The van der Waals surface area contributed by atoms with Crippen molar-refractivity contribution < 1.29 is 13.9 Å². The molecule has 0 amide bonds. The number of rotatable bonds is 7. The number of nitrogens with zero attached hydrogens (tertiary/aromatic N) is 3. The van der Waals surface area contributed by atoms with E-state index in [0.29, 0.717) is 29.4 Å². The molecule has 1 aromatic heterocycles. The van der Waals surface area contributed by atoms with Crippen LogP contribution in [0.15, 0.2) is 64.8 Å². The summed E-state index contributed by atoms with van der Waals surface area (Å²) in [6.07, 6.45) is 3.51. The zero-order valence-electron chi connectivity index (χ0n) is 17.1. The summed E-state index contributed by atoms with van der Waals surface area (Å²) in [5, 5.41) is 3.32. The Balaban J connectivity index is 2.05. The number of methoxy groups -OCH3 is 2. The molecule has 1 heterocycles. The number of hydrogen-bond acceptors (Lipinski definition) is 5. The van der Waals surface area contributed by atoms with Crippen LogP contribution in [0.1, 0.15) is 11.1 Å². The van der Waals surface area contributed by atoms with Crippen molar-refractivity contribution >= 4 is 18.2 Å². The molecule has 1 N–H and O–H groups in total. The smallest absolute Gasteiger partial charge is 0.165 e. The van der Waals surface area contributed by atoms with Gasteiger partial charge in [-0.1, -0.05) is 12.1 Å². The van der Waals surface area contributed by atoms with Gasteiger partial charge in [0.25, 0.3) is 0 Å². The van der Waals surface area contributed by atoms with Crippen molar-refractivity contribution in [3.05, 3.63) is 71.8 Å². The van der Waals surface area contributed by atoms with Crippen LogP contribution in [-0.2, 0) is 6.54 Å². The fraction of sp³-hybridized carbons (Fsp3) is 0.174. The highest BCUT2D eigenvalue weighted by Gasteiger charge is 2.17. The van der Waals surface area contributed by atoms with Crippen LogP contribution in [0.25, 0.3) is 11.1 Å². The van der Waals surface area contributed by atoms with Crippen LogP contribution in [0.5, 0.6) is 11.5 Å². The molecule has 30 heavy (non-hydrogen) atoms. The molecule has 0 atom stereocenters. The van der Waals surface area contributed by atoms with Crippen LogP contribution in [0.2, 0.25) is 0 Å². The second-order valence-corrected chi connectivity index (χ2v) is 6.37. The number of hydrogen-bond donors (Lipinski definition) is 1. The molecule has 0 aliphatic carbocycles.